The van der Waals surface area contributed by atoms with Gasteiger partial charge in [0.15, 0.2) is 0 Å². The second kappa shape index (κ2) is 12.3. The van der Waals surface area contributed by atoms with Gasteiger partial charge < -0.3 is 19.3 Å². The lowest BCUT2D eigenvalue weighted by Crippen LogP contribution is -2.25. The predicted octanol–water partition coefficient (Wildman–Crippen LogP) is 3.00. The Bertz CT molecular complexity index is 868. The molecule has 0 fully saturated rings. The molecule has 7 nitrogen and oxygen atoms in total. The quantitative estimate of drug-likeness (QED) is 0.467. The Morgan fingerprint density at radius 3 is 2.43 bits per heavy atom. The molecule has 0 amide bonds. The number of anilines is 1. The van der Waals surface area contributed by atoms with Gasteiger partial charge in [-0.2, -0.15) is 8.42 Å². The van der Waals surface area contributed by atoms with Gasteiger partial charge in [0, 0.05) is 18.8 Å². The first-order valence-corrected chi connectivity index (χ1v) is 11.2. The molecule has 2 aromatic rings. The molecule has 0 spiro atoms. The van der Waals surface area contributed by atoms with Gasteiger partial charge in [0.1, 0.15) is 5.75 Å². The Hall–Kier alpha value is -2.39. The highest BCUT2D eigenvalue weighted by atomic mass is 32.3. The van der Waals surface area contributed by atoms with Gasteiger partial charge in [-0.05, 0) is 49.6 Å². The highest BCUT2D eigenvalue weighted by Gasteiger charge is 2.13. The lowest BCUT2D eigenvalue weighted by Gasteiger charge is -2.21. The van der Waals surface area contributed by atoms with E-state index in [-0.39, 0.29) is 19.0 Å². The van der Waals surface area contributed by atoms with E-state index in [9.17, 15) is 13.5 Å². The van der Waals surface area contributed by atoms with E-state index < -0.39 is 16.5 Å². The Labute approximate surface area is 178 Å². The number of aliphatic hydroxyl groups excluding tert-OH is 2. The van der Waals surface area contributed by atoms with Crippen molar-refractivity contribution in [1.82, 2.24) is 0 Å². The molecule has 8 heteroatoms. The monoisotopic (exact) mass is 435 g/mol. The van der Waals surface area contributed by atoms with E-state index in [1.165, 1.54) is 12.1 Å². The summed E-state index contributed by atoms with van der Waals surface area (Å²) in [6.45, 7) is 3.45. The molecular formula is C22H29NO6S. The Balaban J connectivity index is 1.73. The van der Waals surface area contributed by atoms with Crippen molar-refractivity contribution in [2.75, 3.05) is 31.2 Å². The normalized spacial score (nSPS) is 12.8. The van der Waals surface area contributed by atoms with Crippen molar-refractivity contribution < 1.29 is 27.0 Å². The topological polar surface area (TPSA) is 96.3 Å². The van der Waals surface area contributed by atoms with Crippen LogP contribution in [0.15, 0.2) is 60.7 Å². The highest BCUT2D eigenvalue weighted by molar-refractivity contribution is 7.82. The summed E-state index contributed by atoms with van der Waals surface area (Å²) >= 11 is 0. The van der Waals surface area contributed by atoms with Crippen molar-refractivity contribution in [1.29, 1.82) is 0 Å². The molecule has 2 aromatic carbocycles. The first kappa shape index (κ1) is 23.9. The minimum Gasteiger partial charge on any atom is -0.395 e. The highest BCUT2D eigenvalue weighted by Crippen LogP contribution is 2.16. The Morgan fingerprint density at radius 2 is 1.80 bits per heavy atom. The van der Waals surface area contributed by atoms with Crippen LogP contribution in [0.2, 0.25) is 0 Å². The minimum absolute atomic E-state index is 0.0769. The van der Waals surface area contributed by atoms with E-state index in [0.29, 0.717) is 19.4 Å². The fourth-order valence-electron chi connectivity index (χ4n) is 2.78. The zero-order valence-electron chi connectivity index (χ0n) is 17.1. The smallest absolute Gasteiger partial charge is 0.395 e. The van der Waals surface area contributed by atoms with Crippen LogP contribution in [0, 0.1) is 0 Å². The number of hydrogen-bond acceptors (Lipinski definition) is 7. The van der Waals surface area contributed by atoms with Gasteiger partial charge in [-0.25, -0.2) is 4.18 Å². The van der Waals surface area contributed by atoms with E-state index in [4.69, 9.17) is 13.5 Å². The molecule has 1 unspecified atom stereocenters. The van der Waals surface area contributed by atoms with Crippen LogP contribution < -0.4 is 9.08 Å². The zero-order valence-corrected chi connectivity index (χ0v) is 17.9. The molecule has 0 bridgehead atoms. The van der Waals surface area contributed by atoms with Gasteiger partial charge in [-0.15, -0.1) is 0 Å². The van der Waals surface area contributed by atoms with E-state index in [1.54, 1.807) is 24.3 Å². The van der Waals surface area contributed by atoms with Gasteiger partial charge in [0.05, 0.1) is 19.3 Å². The number of para-hydroxylation sites is 1. The van der Waals surface area contributed by atoms with Crippen LogP contribution in [0.5, 0.6) is 5.75 Å². The van der Waals surface area contributed by atoms with Gasteiger partial charge in [0.2, 0.25) is 0 Å². The summed E-state index contributed by atoms with van der Waals surface area (Å²) in [6, 6.07) is 15.9. The largest absolute Gasteiger partial charge is 0.449 e. The van der Waals surface area contributed by atoms with Crippen LogP contribution in [0.4, 0.5) is 5.69 Å². The van der Waals surface area contributed by atoms with Crippen molar-refractivity contribution in [3.05, 3.63) is 66.2 Å². The molecule has 2 rings (SSSR count). The van der Waals surface area contributed by atoms with Crippen LogP contribution in [0.25, 0.3) is 6.08 Å². The van der Waals surface area contributed by atoms with Crippen LogP contribution in [0.3, 0.4) is 0 Å². The molecule has 0 aliphatic rings. The van der Waals surface area contributed by atoms with Gasteiger partial charge in [0.25, 0.3) is 0 Å². The lowest BCUT2D eigenvalue weighted by molar-refractivity contribution is 0.192. The van der Waals surface area contributed by atoms with Crippen molar-refractivity contribution >= 4 is 22.2 Å². The maximum atomic E-state index is 11.8. The summed E-state index contributed by atoms with van der Waals surface area (Å²) in [5.41, 5.74) is 1.97. The van der Waals surface area contributed by atoms with E-state index in [1.807, 2.05) is 37.3 Å². The first-order chi connectivity index (χ1) is 14.4. The maximum Gasteiger partial charge on any atom is 0.449 e. The number of rotatable bonds is 13. The predicted molar refractivity (Wildman–Crippen MR) is 118 cm³/mol. The van der Waals surface area contributed by atoms with Gasteiger partial charge in [-0.3, -0.25) is 0 Å². The number of aliphatic hydroxyl groups is 2. The van der Waals surface area contributed by atoms with Crippen molar-refractivity contribution in [2.45, 2.75) is 25.9 Å². The molecule has 0 aliphatic carbocycles. The maximum absolute atomic E-state index is 11.8. The molecule has 2 N–H and O–H groups in total. The summed E-state index contributed by atoms with van der Waals surface area (Å²) in [5, 5.41) is 19.2. The summed E-state index contributed by atoms with van der Waals surface area (Å²) in [4.78, 5) is 2.07. The lowest BCUT2D eigenvalue weighted by atomic mass is 10.1. The Kier molecular flexibility index (Phi) is 9.82. The van der Waals surface area contributed by atoms with E-state index >= 15 is 0 Å². The molecule has 0 saturated carbocycles. The third-order valence-corrected chi connectivity index (χ3v) is 5.19. The molecule has 0 aliphatic heterocycles. The molecular weight excluding hydrogens is 406 g/mol. The molecule has 0 aromatic heterocycles. The molecule has 0 saturated heterocycles. The summed E-state index contributed by atoms with van der Waals surface area (Å²) < 4.78 is 33.1. The van der Waals surface area contributed by atoms with Crippen molar-refractivity contribution in [3.8, 4) is 5.75 Å². The zero-order chi connectivity index (χ0) is 21.8. The van der Waals surface area contributed by atoms with E-state index in [2.05, 4.69) is 4.90 Å². The molecule has 0 radical (unpaired) electrons. The molecule has 0 heterocycles. The fourth-order valence-corrected chi connectivity index (χ4v) is 3.49. The molecule has 164 valence electrons. The Morgan fingerprint density at radius 1 is 1.10 bits per heavy atom. The number of benzene rings is 2. The number of hydrogen-bond donors (Lipinski definition) is 2. The van der Waals surface area contributed by atoms with Gasteiger partial charge in [-0.1, -0.05) is 42.5 Å². The van der Waals surface area contributed by atoms with Crippen molar-refractivity contribution in [2.24, 2.45) is 0 Å². The van der Waals surface area contributed by atoms with Crippen LogP contribution >= 0.6 is 0 Å². The third kappa shape index (κ3) is 8.54. The van der Waals surface area contributed by atoms with Crippen LogP contribution in [-0.2, 0) is 14.6 Å². The number of nitrogens with zero attached hydrogens (tertiary/aromatic N) is 1. The summed E-state index contributed by atoms with van der Waals surface area (Å²) in [7, 11) is -4.12. The molecule has 30 heavy (non-hydrogen) atoms. The SMILES string of the molecule is CCN(CCO)c1ccc(/C=C/C(O)CCCOS(=O)(=O)Oc2ccccc2)cc1. The van der Waals surface area contributed by atoms with Crippen molar-refractivity contribution in [3.63, 3.8) is 0 Å². The summed E-state index contributed by atoms with van der Waals surface area (Å²) in [6.07, 6.45) is 3.47. The van der Waals surface area contributed by atoms with Gasteiger partial charge >= 0.3 is 10.4 Å². The van der Waals surface area contributed by atoms with E-state index in [0.717, 1.165) is 17.8 Å². The first-order valence-electron chi connectivity index (χ1n) is 9.89. The minimum atomic E-state index is -4.12. The second-order valence-electron chi connectivity index (χ2n) is 6.59. The van der Waals surface area contributed by atoms with Crippen LogP contribution in [0.1, 0.15) is 25.3 Å². The molecule has 1 atom stereocenters. The number of likely N-dealkylation sites (N-methyl/N-ethyl adjacent to an activating group) is 1. The average molecular weight is 436 g/mol. The fraction of sp³-hybridized carbons (Fsp3) is 0.364. The van der Waals surface area contributed by atoms with Crippen LogP contribution in [-0.4, -0.2) is 51.0 Å². The summed E-state index contributed by atoms with van der Waals surface area (Å²) in [5.74, 6) is 0.185. The standard InChI is InChI=1S/C22H29NO6S/c1-2-23(16-17-24)20-13-10-19(11-14-20)12-15-21(25)7-6-18-28-30(26,27)29-22-8-4-3-5-9-22/h3-5,8-15,21,24-25H,2,6-7,16-18H2,1H3/b15-12+. The average Bonchev–Trinajstić information content (AvgIpc) is 2.74. The second-order valence-corrected chi connectivity index (χ2v) is 7.81. The third-order valence-electron chi connectivity index (χ3n) is 4.33.